The second-order valence-corrected chi connectivity index (χ2v) is 6.79. The van der Waals surface area contributed by atoms with Gasteiger partial charge in [-0.2, -0.15) is 0 Å². The number of carbonyl (C=O) groups excluding carboxylic acids is 3. The lowest BCUT2D eigenvalue weighted by Crippen LogP contribution is -2.12. The number of benzene rings is 2. The van der Waals surface area contributed by atoms with Crippen LogP contribution in [0.2, 0.25) is 5.02 Å². The number of nitrogens with one attached hydrogen (secondary N) is 2. The summed E-state index contributed by atoms with van der Waals surface area (Å²) >= 11 is 6.15. The number of anilines is 1. The summed E-state index contributed by atoms with van der Waals surface area (Å²) in [6.07, 6.45) is 0. The zero-order valence-electron chi connectivity index (χ0n) is 15.7. The van der Waals surface area contributed by atoms with Crippen LogP contribution in [0.4, 0.5) is 5.69 Å². The first-order valence-electron chi connectivity index (χ1n) is 8.73. The van der Waals surface area contributed by atoms with Crippen molar-refractivity contribution >= 4 is 45.9 Å². The lowest BCUT2D eigenvalue weighted by Gasteiger charge is -2.08. The van der Waals surface area contributed by atoms with E-state index in [2.05, 4.69) is 10.3 Å². The lowest BCUT2D eigenvalue weighted by atomic mass is 10.0. The quantitative estimate of drug-likeness (QED) is 0.489. The van der Waals surface area contributed by atoms with E-state index in [0.717, 1.165) is 5.56 Å². The molecule has 0 radical (unpaired) electrons. The molecule has 2 N–H and O–H groups in total. The number of hydrogen-bond donors (Lipinski definition) is 2. The summed E-state index contributed by atoms with van der Waals surface area (Å²) < 4.78 is 5.11. The minimum absolute atomic E-state index is 0.170. The van der Waals surface area contributed by atoms with Crippen LogP contribution in [-0.2, 0) is 9.53 Å². The van der Waals surface area contributed by atoms with Gasteiger partial charge in [-0.05, 0) is 32.0 Å². The van der Waals surface area contributed by atoms with Crippen molar-refractivity contribution in [1.29, 1.82) is 0 Å². The minimum Gasteiger partial charge on any atom is -0.462 e. The number of amides is 1. The average molecular weight is 399 g/mol. The summed E-state index contributed by atoms with van der Waals surface area (Å²) in [6, 6.07) is 10.2. The Kier molecular flexibility index (Phi) is 5.51. The Morgan fingerprint density at radius 2 is 1.93 bits per heavy atom. The van der Waals surface area contributed by atoms with Gasteiger partial charge in [0, 0.05) is 22.9 Å². The topological polar surface area (TPSA) is 88.3 Å². The summed E-state index contributed by atoms with van der Waals surface area (Å²) in [5.41, 5.74) is 2.42. The fourth-order valence-electron chi connectivity index (χ4n) is 3.07. The molecule has 1 amide bonds. The summed E-state index contributed by atoms with van der Waals surface area (Å²) in [6.45, 7) is 5.09. The first-order valence-corrected chi connectivity index (χ1v) is 9.11. The first kappa shape index (κ1) is 19.6. The highest BCUT2D eigenvalue weighted by Gasteiger charge is 2.25. The Hall–Kier alpha value is -3.12. The summed E-state index contributed by atoms with van der Waals surface area (Å²) in [5.74, 6) is -1.27. The van der Waals surface area contributed by atoms with Gasteiger partial charge in [0.1, 0.15) is 5.69 Å². The minimum atomic E-state index is -0.588. The molecule has 6 nitrogen and oxygen atoms in total. The molecular weight excluding hydrogens is 380 g/mol. The maximum Gasteiger partial charge on any atom is 0.338 e. The van der Waals surface area contributed by atoms with Crippen LogP contribution in [-0.4, -0.2) is 29.3 Å². The monoisotopic (exact) mass is 398 g/mol. The summed E-state index contributed by atoms with van der Waals surface area (Å²) in [5, 5.41) is 3.37. The molecule has 0 bridgehead atoms. The van der Waals surface area contributed by atoms with Crippen LogP contribution in [0.25, 0.3) is 10.9 Å². The summed E-state index contributed by atoms with van der Waals surface area (Å²) in [4.78, 5) is 40.4. The Morgan fingerprint density at radius 1 is 1.18 bits per heavy atom. The number of carbonyl (C=O) groups is 3. The molecule has 0 aliphatic carbocycles. The van der Waals surface area contributed by atoms with Crippen molar-refractivity contribution in [2.45, 2.75) is 20.8 Å². The molecule has 1 aromatic heterocycles. The Morgan fingerprint density at radius 3 is 2.57 bits per heavy atom. The van der Waals surface area contributed by atoms with Crippen LogP contribution in [0.5, 0.6) is 0 Å². The van der Waals surface area contributed by atoms with Crippen molar-refractivity contribution in [2.75, 3.05) is 11.9 Å². The SMILES string of the molecule is CCOC(=O)c1cc(Cl)cc2[nH]c(C(=O)c3cccc(C)c3)c(NC(C)=O)c12. The van der Waals surface area contributed by atoms with E-state index in [1.807, 2.05) is 13.0 Å². The molecule has 0 spiro atoms. The van der Waals surface area contributed by atoms with Gasteiger partial charge in [0.15, 0.2) is 0 Å². The number of rotatable bonds is 5. The Bertz CT molecular complexity index is 1100. The molecule has 1 heterocycles. The van der Waals surface area contributed by atoms with Gasteiger partial charge in [0.25, 0.3) is 0 Å². The number of aromatic amines is 1. The normalized spacial score (nSPS) is 10.7. The van der Waals surface area contributed by atoms with E-state index in [1.54, 1.807) is 31.2 Å². The van der Waals surface area contributed by atoms with Crippen molar-refractivity contribution < 1.29 is 19.1 Å². The smallest absolute Gasteiger partial charge is 0.338 e. The van der Waals surface area contributed by atoms with Gasteiger partial charge in [-0.15, -0.1) is 0 Å². The fourth-order valence-corrected chi connectivity index (χ4v) is 3.29. The van der Waals surface area contributed by atoms with E-state index in [1.165, 1.54) is 13.0 Å². The maximum atomic E-state index is 13.1. The number of ketones is 1. The van der Waals surface area contributed by atoms with Crippen molar-refractivity contribution in [2.24, 2.45) is 0 Å². The molecule has 0 aliphatic heterocycles. The number of esters is 1. The van der Waals surface area contributed by atoms with Gasteiger partial charge < -0.3 is 15.0 Å². The third-order valence-electron chi connectivity index (χ3n) is 4.17. The number of halogens is 1. The Labute approximate surface area is 166 Å². The van der Waals surface area contributed by atoms with E-state index in [-0.39, 0.29) is 35.2 Å². The summed E-state index contributed by atoms with van der Waals surface area (Å²) in [7, 11) is 0. The van der Waals surface area contributed by atoms with Crippen LogP contribution in [0.1, 0.15) is 45.8 Å². The highest BCUT2D eigenvalue weighted by Crippen LogP contribution is 2.35. The van der Waals surface area contributed by atoms with Crippen molar-refractivity contribution in [3.63, 3.8) is 0 Å². The third kappa shape index (κ3) is 3.77. The van der Waals surface area contributed by atoms with Crippen LogP contribution in [0.15, 0.2) is 36.4 Å². The van der Waals surface area contributed by atoms with Gasteiger partial charge in [0.2, 0.25) is 11.7 Å². The van der Waals surface area contributed by atoms with Crippen molar-refractivity contribution in [3.8, 4) is 0 Å². The number of fused-ring (bicyclic) bond motifs is 1. The molecule has 28 heavy (non-hydrogen) atoms. The second-order valence-electron chi connectivity index (χ2n) is 6.35. The molecule has 2 aromatic carbocycles. The molecule has 0 saturated carbocycles. The molecule has 3 rings (SSSR count). The highest BCUT2D eigenvalue weighted by atomic mass is 35.5. The average Bonchev–Trinajstić information content (AvgIpc) is 2.98. The van der Waals surface area contributed by atoms with Gasteiger partial charge in [-0.25, -0.2) is 4.79 Å². The van der Waals surface area contributed by atoms with Gasteiger partial charge >= 0.3 is 5.97 Å². The Balaban J connectivity index is 2.28. The van der Waals surface area contributed by atoms with Crippen LogP contribution in [0, 0.1) is 6.92 Å². The van der Waals surface area contributed by atoms with E-state index in [4.69, 9.17) is 16.3 Å². The predicted octanol–water partition coefficient (Wildman–Crippen LogP) is 4.50. The molecule has 0 aliphatic rings. The molecule has 0 unspecified atom stereocenters. The number of ether oxygens (including phenoxy) is 1. The predicted molar refractivity (Wildman–Crippen MR) is 108 cm³/mol. The van der Waals surface area contributed by atoms with E-state index < -0.39 is 5.97 Å². The first-order chi connectivity index (χ1) is 13.3. The molecule has 0 fully saturated rings. The third-order valence-corrected chi connectivity index (χ3v) is 4.38. The lowest BCUT2D eigenvalue weighted by molar-refractivity contribution is -0.114. The number of aryl methyl sites for hydroxylation is 1. The molecular formula is C21H19ClN2O4. The van der Waals surface area contributed by atoms with Crippen molar-refractivity contribution in [1.82, 2.24) is 4.98 Å². The molecule has 144 valence electrons. The molecule has 0 atom stereocenters. The largest absolute Gasteiger partial charge is 0.462 e. The van der Waals surface area contributed by atoms with E-state index >= 15 is 0 Å². The van der Waals surface area contributed by atoms with Crippen LogP contribution in [0.3, 0.4) is 0 Å². The van der Waals surface area contributed by atoms with E-state index in [0.29, 0.717) is 21.5 Å². The van der Waals surface area contributed by atoms with Crippen LogP contribution >= 0.6 is 11.6 Å². The highest BCUT2D eigenvalue weighted by molar-refractivity contribution is 6.33. The van der Waals surface area contributed by atoms with Gasteiger partial charge in [-0.1, -0.05) is 35.4 Å². The maximum absolute atomic E-state index is 13.1. The standard InChI is InChI=1S/C21H19ClN2O4/c1-4-28-21(27)15-9-14(22)10-16-17(15)18(23-12(3)25)19(24-16)20(26)13-7-5-6-11(2)8-13/h5-10,24H,4H2,1-3H3,(H,23,25). The van der Waals surface area contributed by atoms with Gasteiger partial charge in [-0.3, -0.25) is 9.59 Å². The van der Waals surface area contributed by atoms with Gasteiger partial charge in [0.05, 0.1) is 23.4 Å². The number of H-pyrrole nitrogens is 1. The number of hydrogen-bond acceptors (Lipinski definition) is 4. The zero-order valence-corrected chi connectivity index (χ0v) is 16.4. The zero-order chi connectivity index (χ0) is 20.4. The van der Waals surface area contributed by atoms with E-state index in [9.17, 15) is 14.4 Å². The fraction of sp³-hybridized carbons (Fsp3) is 0.190. The number of aromatic nitrogens is 1. The van der Waals surface area contributed by atoms with Crippen LogP contribution < -0.4 is 5.32 Å². The molecule has 7 heteroatoms. The molecule has 0 saturated heterocycles. The molecule has 3 aromatic rings. The van der Waals surface area contributed by atoms with Crippen molar-refractivity contribution in [3.05, 3.63) is 63.8 Å². The second kappa shape index (κ2) is 7.86.